The minimum atomic E-state index is -0.475. The summed E-state index contributed by atoms with van der Waals surface area (Å²) in [5, 5.41) is 7.25. The molecule has 1 amide bonds. The van der Waals surface area contributed by atoms with Gasteiger partial charge in [0.2, 0.25) is 11.9 Å². The van der Waals surface area contributed by atoms with E-state index in [4.69, 9.17) is 5.73 Å². The van der Waals surface area contributed by atoms with Crippen molar-refractivity contribution in [2.24, 2.45) is 5.73 Å². The predicted molar refractivity (Wildman–Crippen MR) is 77.8 cm³/mol. The predicted octanol–water partition coefficient (Wildman–Crippen LogP) is 1.81. The van der Waals surface area contributed by atoms with Gasteiger partial charge in [-0.1, -0.05) is 34.1 Å². The molecule has 2 aromatic rings. The van der Waals surface area contributed by atoms with Crippen LogP contribution in [0.3, 0.4) is 0 Å². The van der Waals surface area contributed by atoms with Crippen LogP contribution >= 0.6 is 15.9 Å². The lowest BCUT2D eigenvalue weighted by molar-refractivity contribution is -0.115. The maximum Gasteiger partial charge on any atom is 0.248 e. The van der Waals surface area contributed by atoms with Crippen molar-refractivity contribution in [1.29, 1.82) is 0 Å². The maximum absolute atomic E-state index is 11.8. The summed E-state index contributed by atoms with van der Waals surface area (Å²) in [6.07, 6.45) is 1.45. The average Bonchev–Trinajstić information content (AvgIpc) is 2.85. The summed E-state index contributed by atoms with van der Waals surface area (Å²) in [6.45, 7) is 1.81. The quantitative estimate of drug-likeness (QED) is 0.877. The lowest BCUT2D eigenvalue weighted by atomic mass is 9.95. The van der Waals surface area contributed by atoms with E-state index in [-0.39, 0.29) is 6.04 Å². The van der Waals surface area contributed by atoms with Crippen molar-refractivity contribution in [3.8, 4) is 0 Å². The van der Waals surface area contributed by atoms with E-state index in [2.05, 4.69) is 31.3 Å². The van der Waals surface area contributed by atoms with Gasteiger partial charge >= 0.3 is 0 Å². The molecule has 0 saturated carbocycles. The molecule has 102 valence electrons. The number of anilines is 1. The molecule has 1 aliphatic rings. The highest BCUT2D eigenvalue weighted by Crippen LogP contribution is 2.37. The summed E-state index contributed by atoms with van der Waals surface area (Å²) in [7, 11) is 0. The SMILES string of the molecule is CC1=C(C(N)=O)[C@@H](c2ccccc2Br)n2ncnc2N1. The first kappa shape index (κ1) is 12.9. The first-order valence-corrected chi connectivity index (χ1v) is 6.80. The van der Waals surface area contributed by atoms with Crippen molar-refractivity contribution in [2.75, 3.05) is 5.32 Å². The number of carbonyl (C=O) groups excluding carboxylic acids is 1. The maximum atomic E-state index is 11.8. The molecular formula is C13H12BrN5O. The van der Waals surface area contributed by atoms with Crippen LogP contribution in [0.5, 0.6) is 0 Å². The number of rotatable bonds is 2. The van der Waals surface area contributed by atoms with Crippen molar-refractivity contribution in [3.05, 3.63) is 51.9 Å². The van der Waals surface area contributed by atoms with E-state index < -0.39 is 5.91 Å². The van der Waals surface area contributed by atoms with Gasteiger partial charge in [0.15, 0.2) is 0 Å². The number of nitrogens with one attached hydrogen (secondary N) is 1. The summed E-state index contributed by atoms with van der Waals surface area (Å²) in [6, 6.07) is 7.29. The van der Waals surface area contributed by atoms with Crippen molar-refractivity contribution in [1.82, 2.24) is 14.8 Å². The minimum Gasteiger partial charge on any atom is -0.366 e. The number of fused-ring (bicyclic) bond motifs is 1. The Morgan fingerprint density at radius 2 is 2.20 bits per heavy atom. The van der Waals surface area contributed by atoms with Crippen molar-refractivity contribution in [3.63, 3.8) is 0 Å². The molecule has 0 aliphatic carbocycles. The second kappa shape index (κ2) is 4.75. The fourth-order valence-corrected chi connectivity index (χ4v) is 2.90. The van der Waals surface area contributed by atoms with Crippen LogP contribution in [0.4, 0.5) is 5.95 Å². The van der Waals surface area contributed by atoms with Crippen LogP contribution in [0.25, 0.3) is 0 Å². The number of benzene rings is 1. The Hall–Kier alpha value is -2.15. The highest BCUT2D eigenvalue weighted by molar-refractivity contribution is 9.10. The Bertz CT molecular complexity index is 721. The number of allylic oxidation sites excluding steroid dienone is 1. The molecule has 0 fully saturated rings. The zero-order valence-corrected chi connectivity index (χ0v) is 12.3. The number of hydrogen-bond donors (Lipinski definition) is 2. The topological polar surface area (TPSA) is 85.8 Å². The summed E-state index contributed by atoms with van der Waals surface area (Å²) in [5.41, 5.74) is 7.63. The van der Waals surface area contributed by atoms with Gasteiger partial charge < -0.3 is 11.1 Å². The Labute approximate surface area is 123 Å². The van der Waals surface area contributed by atoms with Crippen LogP contribution in [0.15, 0.2) is 46.3 Å². The first-order chi connectivity index (χ1) is 9.59. The number of nitrogens with zero attached hydrogens (tertiary/aromatic N) is 3. The molecule has 1 aliphatic heterocycles. The molecule has 3 rings (SSSR count). The number of halogens is 1. The Morgan fingerprint density at radius 1 is 1.45 bits per heavy atom. The molecule has 1 aromatic carbocycles. The third kappa shape index (κ3) is 1.90. The first-order valence-electron chi connectivity index (χ1n) is 6.01. The van der Waals surface area contributed by atoms with Crippen LogP contribution < -0.4 is 11.1 Å². The second-order valence-corrected chi connectivity index (χ2v) is 5.33. The molecule has 0 unspecified atom stereocenters. The van der Waals surface area contributed by atoms with Crippen LogP contribution in [0.1, 0.15) is 18.5 Å². The molecular weight excluding hydrogens is 322 g/mol. The van der Waals surface area contributed by atoms with Gasteiger partial charge in [-0.25, -0.2) is 4.68 Å². The van der Waals surface area contributed by atoms with E-state index in [1.54, 1.807) is 4.68 Å². The number of aromatic nitrogens is 3. The van der Waals surface area contributed by atoms with E-state index in [1.165, 1.54) is 6.33 Å². The molecule has 0 radical (unpaired) electrons. The molecule has 20 heavy (non-hydrogen) atoms. The molecule has 0 saturated heterocycles. The van der Waals surface area contributed by atoms with Gasteiger partial charge in [-0.3, -0.25) is 4.79 Å². The Morgan fingerprint density at radius 3 is 2.90 bits per heavy atom. The monoisotopic (exact) mass is 333 g/mol. The second-order valence-electron chi connectivity index (χ2n) is 4.48. The van der Waals surface area contributed by atoms with Crippen molar-refractivity contribution in [2.45, 2.75) is 13.0 Å². The molecule has 2 heterocycles. The molecule has 6 nitrogen and oxygen atoms in total. The molecule has 0 spiro atoms. The summed E-state index contributed by atoms with van der Waals surface area (Å²) in [4.78, 5) is 16.0. The lowest BCUT2D eigenvalue weighted by Gasteiger charge is -2.28. The number of carbonyl (C=O) groups is 1. The van der Waals surface area contributed by atoms with Crippen LogP contribution in [-0.2, 0) is 4.79 Å². The standard InChI is InChI=1S/C13H12BrN5O/c1-7-10(12(15)20)11(8-4-2-3-5-9(8)14)19-13(18-7)16-6-17-19/h2-6,11H,1H3,(H2,15,20)(H,16,17,18)/t11-/m1/s1. The van der Waals surface area contributed by atoms with Gasteiger partial charge in [0, 0.05) is 10.2 Å². The van der Waals surface area contributed by atoms with Crippen LogP contribution in [0, 0.1) is 0 Å². The van der Waals surface area contributed by atoms with E-state index >= 15 is 0 Å². The Kier molecular flexibility index (Phi) is 3.06. The van der Waals surface area contributed by atoms with Crippen LogP contribution in [0.2, 0.25) is 0 Å². The summed E-state index contributed by atoms with van der Waals surface area (Å²) < 4.78 is 2.55. The van der Waals surface area contributed by atoms with Gasteiger partial charge in [0.25, 0.3) is 0 Å². The minimum absolute atomic E-state index is 0.387. The lowest BCUT2D eigenvalue weighted by Crippen LogP contribution is -2.32. The number of hydrogen-bond acceptors (Lipinski definition) is 4. The molecule has 0 bridgehead atoms. The zero-order chi connectivity index (χ0) is 14.3. The van der Waals surface area contributed by atoms with E-state index in [9.17, 15) is 4.79 Å². The fourth-order valence-electron chi connectivity index (χ4n) is 2.39. The zero-order valence-electron chi connectivity index (χ0n) is 10.7. The van der Waals surface area contributed by atoms with E-state index in [0.717, 1.165) is 10.0 Å². The highest BCUT2D eigenvalue weighted by Gasteiger charge is 2.33. The molecule has 1 atom stereocenters. The van der Waals surface area contributed by atoms with E-state index in [1.807, 2.05) is 31.2 Å². The van der Waals surface area contributed by atoms with Gasteiger partial charge in [-0.2, -0.15) is 10.1 Å². The average molecular weight is 334 g/mol. The number of primary amides is 1. The third-order valence-electron chi connectivity index (χ3n) is 3.26. The van der Waals surface area contributed by atoms with Gasteiger partial charge in [-0.15, -0.1) is 0 Å². The van der Waals surface area contributed by atoms with Crippen molar-refractivity contribution >= 4 is 27.8 Å². The Balaban J connectivity index is 2.25. The van der Waals surface area contributed by atoms with Gasteiger partial charge in [0.1, 0.15) is 12.4 Å². The summed E-state index contributed by atoms with van der Waals surface area (Å²) in [5.74, 6) is 0.116. The van der Waals surface area contributed by atoms with Gasteiger partial charge in [-0.05, 0) is 18.6 Å². The van der Waals surface area contributed by atoms with Crippen molar-refractivity contribution < 1.29 is 4.79 Å². The smallest absolute Gasteiger partial charge is 0.248 e. The molecule has 3 N–H and O–H groups in total. The molecule has 1 aromatic heterocycles. The number of nitrogens with two attached hydrogens (primary N) is 1. The van der Waals surface area contributed by atoms with E-state index in [0.29, 0.717) is 17.2 Å². The number of amides is 1. The fraction of sp³-hybridized carbons (Fsp3) is 0.154. The summed E-state index contributed by atoms with van der Waals surface area (Å²) >= 11 is 3.51. The largest absolute Gasteiger partial charge is 0.366 e. The normalized spacial score (nSPS) is 17.6. The molecule has 7 heteroatoms. The van der Waals surface area contributed by atoms with Crippen LogP contribution in [-0.4, -0.2) is 20.7 Å². The highest BCUT2D eigenvalue weighted by atomic mass is 79.9. The third-order valence-corrected chi connectivity index (χ3v) is 3.98. The van der Waals surface area contributed by atoms with Gasteiger partial charge in [0.05, 0.1) is 5.57 Å².